The van der Waals surface area contributed by atoms with Gasteiger partial charge in [-0.15, -0.1) is 0 Å². The number of H-pyrrole nitrogens is 1. The summed E-state index contributed by atoms with van der Waals surface area (Å²) in [5, 5.41) is 0.785. The molecule has 1 N–H and O–H groups in total. The lowest BCUT2D eigenvalue weighted by molar-refractivity contribution is 0.0900. The minimum absolute atomic E-state index is 0.0208. The highest BCUT2D eigenvalue weighted by molar-refractivity contribution is 6.10. The van der Waals surface area contributed by atoms with Crippen LogP contribution in [0.5, 0.6) is 0 Å². The number of ketones is 1. The van der Waals surface area contributed by atoms with Crippen molar-refractivity contribution in [1.82, 2.24) is 9.88 Å². The molecule has 1 aromatic carbocycles. The summed E-state index contributed by atoms with van der Waals surface area (Å²) in [6.45, 7) is 3.76. The van der Waals surface area contributed by atoms with Gasteiger partial charge in [0.15, 0.2) is 5.78 Å². The van der Waals surface area contributed by atoms with Gasteiger partial charge in [0.1, 0.15) is 5.82 Å². The molecule has 0 atom stereocenters. The first-order chi connectivity index (χ1) is 9.60. The summed E-state index contributed by atoms with van der Waals surface area (Å²) in [6, 6.07) is 3.99. The number of carbonyl (C=O) groups is 1. The SMILES string of the molecule is CCCN1CC(=O)c2c([nH]c(=O)c3cc(F)ccc23)C1. The Labute approximate surface area is 115 Å². The summed E-state index contributed by atoms with van der Waals surface area (Å²) in [4.78, 5) is 29.1. The first kappa shape index (κ1) is 13.0. The molecule has 0 radical (unpaired) electrons. The van der Waals surface area contributed by atoms with Crippen LogP contribution >= 0.6 is 0 Å². The molecule has 4 nitrogen and oxygen atoms in total. The lowest BCUT2D eigenvalue weighted by atomic mass is 9.97. The number of hydrogen-bond acceptors (Lipinski definition) is 3. The fraction of sp³-hybridized carbons (Fsp3) is 0.333. The van der Waals surface area contributed by atoms with Crippen LogP contribution < -0.4 is 5.56 Å². The zero-order valence-electron chi connectivity index (χ0n) is 11.2. The normalized spacial score (nSPS) is 15.6. The summed E-state index contributed by atoms with van der Waals surface area (Å²) in [6.07, 6.45) is 0.950. The number of pyridine rings is 1. The van der Waals surface area contributed by atoms with E-state index in [-0.39, 0.29) is 16.7 Å². The van der Waals surface area contributed by atoms with Gasteiger partial charge in [-0.1, -0.05) is 13.0 Å². The van der Waals surface area contributed by atoms with Crippen molar-refractivity contribution >= 4 is 16.6 Å². The van der Waals surface area contributed by atoms with Crippen LogP contribution in [0.25, 0.3) is 10.8 Å². The van der Waals surface area contributed by atoms with Crippen LogP contribution in [0.3, 0.4) is 0 Å². The lowest BCUT2D eigenvalue weighted by Gasteiger charge is -2.27. The average molecular weight is 274 g/mol. The fourth-order valence-corrected chi connectivity index (χ4v) is 2.82. The molecule has 1 aliphatic rings. The van der Waals surface area contributed by atoms with E-state index in [1.165, 1.54) is 18.2 Å². The van der Waals surface area contributed by atoms with Crippen LogP contribution in [0.2, 0.25) is 0 Å². The zero-order valence-corrected chi connectivity index (χ0v) is 11.2. The Morgan fingerprint density at radius 3 is 2.80 bits per heavy atom. The third-order valence-electron chi connectivity index (χ3n) is 3.63. The molecule has 0 amide bonds. The van der Waals surface area contributed by atoms with Crippen LogP contribution in [0.1, 0.15) is 29.4 Å². The smallest absolute Gasteiger partial charge is 0.256 e. The molecule has 0 bridgehead atoms. The number of benzene rings is 1. The molecule has 2 aromatic rings. The van der Waals surface area contributed by atoms with Crippen molar-refractivity contribution in [3.63, 3.8) is 0 Å². The maximum atomic E-state index is 13.3. The third-order valence-corrected chi connectivity index (χ3v) is 3.63. The molecule has 2 heterocycles. The van der Waals surface area contributed by atoms with Crippen LogP contribution in [0.4, 0.5) is 4.39 Å². The maximum absolute atomic E-state index is 13.3. The topological polar surface area (TPSA) is 53.2 Å². The lowest BCUT2D eigenvalue weighted by Crippen LogP contribution is -2.37. The Kier molecular flexibility index (Phi) is 3.14. The van der Waals surface area contributed by atoms with Gasteiger partial charge in [0, 0.05) is 23.2 Å². The van der Waals surface area contributed by atoms with Gasteiger partial charge in [0.2, 0.25) is 0 Å². The van der Waals surface area contributed by atoms with E-state index >= 15 is 0 Å². The molecule has 104 valence electrons. The van der Waals surface area contributed by atoms with E-state index in [2.05, 4.69) is 4.98 Å². The minimum atomic E-state index is -0.473. The second kappa shape index (κ2) is 4.83. The van der Waals surface area contributed by atoms with Crippen molar-refractivity contribution in [2.75, 3.05) is 13.1 Å². The molecule has 5 heteroatoms. The minimum Gasteiger partial charge on any atom is -0.324 e. The number of halogens is 1. The predicted octanol–water partition coefficient (Wildman–Crippen LogP) is 2.08. The Morgan fingerprint density at radius 1 is 1.25 bits per heavy atom. The first-order valence-electron chi connectivity index (χ1n) is 6.70. The van der Waals surface area contributed by atoms with E-state index in [1.807, 2.05) is 11.8 Å². The van der Waals surface area contributed by atoms with Gasteiger partial charge in [-0.3, -0.25) is 14.5 Å². The molecule has 0 aliphatic carbocycles. The van der Waals surface area contributed by atoms with Gasteiger partial charge in [0.25, 0.3) is 5.56 Å². The van der Waals surface area contributed by atoms with Crippen molar-refractivity contribution in [3.8, 4) is 0 Å². The largest absolute Gasteiger partial charge is 0.324 e. The number of rotatable bonds is 2. The van der Waals surface area contributed by atoms with Crippen LogP contribution in [0, 0.1) is 5.82 Å². The first-order valence-corrected chi connectivity index (χ1v) is 6.70. The molecular weight excluding hydrogens is 259 g/mol. The summed E-state index contributed by atoms with van der Waals surface area (Å²) in [5.41, 5.74) is 0.829. The van der Waals surface area contributed by atoms with Crippen molar-refractivity contribution in [2.24, 2.45) is 0 Å². The number of aromatic nitrogens is 1. The van der Waals surface area contributed by atoms with Crippen molar-refractivity contribution in [3.05, 3.63) is 45.6 Å². The van der Waals surface area contributed by atoms with Crippen molar-refractivity contribution < 1.29 is 9.18 Å². The fourth-order valence-electron chi connectivity index (χ4n) is 2.82. The highest BCUT2D eigenvalue weighted by Gasteiger charge is 2.26. The predicted molar refractivity (Wildman–Crippen MR) is 74.4 cm³/mol. The summed E-state index contributed by atoms with van der Waals surface area (Å²) in [5.74, 6) is -0.494. The highest BCUT2D eigenvalue weighted by Crippen LogP contribution is 2.24. The molecule has 0 unspecified atom stereocenters. The quantitative estimate of drug-likeness (QED) is 0.912. The Bertz CT molecular complexity index is 751. The van der Waals surface area contributed by atoms with E-state index in [0.29, 0.717) is 29.7 Å². The maximum Gasteiger partial charge on any atom is 0.256 e. The van der Waals surface area contributed by atoms with E-state index < -0.39 is 5.82 Å². The monoisotopic (exact) mass is 274 g/mol. The number of aromatic amines is 1. The molecular formula is C15H15FN2O2. The van der Waals surface area contributed by atoms with Crippen molar-refractivity contribution in [2.45, 2.75) is 19.9 Å². The molecule has 0 spiro atoms. The van der Waals surface area contributed by atoms with Gasteiger partial charge < -0.3 is 4.98 Å². The molecule has 20 heavy (non-hydrogen) atoms. The molecule has 0 fully saturated rings. The molecule has 1 aliphatic heterocycles. The number of carbonyl (C=O) groups excluding carboxylic acids is 1. The summed E-state index contributed by atoms with van der Waals surface area (Å²) in [7, 11) is 0. The Balaban J connectivity index is 2.22. The standard InChI is InChI=1S/C15H15FN2O2/c1-2-5-18-7-12-14(13(19)8-18)10-4-3-9(16)6-11(10)15(20)17-12/h3-4,6H,2,5,7-8H2,1H3,(H,17,20). The van der Waals surface area contributed by atoms with E-state index in [4.69, 9.17) is 0 Å². The summed E-state index contributed by atoms with van der Waals surface area (Å²) < 4.78 is 13.3. The number of hydrogen-bond donors (Lipinski definition) is 1. The Morgan fingerprint density at radius 2 is 2.05 bits per heavy atom. The number of Topliss-reactive ketones (excluding diaryl/α,β-unsaturated/α-hetero) is 1. The second-order valence-electron chi connectivity index (χ2n) is 5.13. The van der Waals surface area contributed by atoms with E-state index in [1.54, 1.807) is 0 Å². The molecule has 0 saturated heterocycles. The molecule has 0 saturated carbocycles. The molecule has 3 rings (SSSR count). The Hall–Kier alpha value is -2.01. The average Bonchev–Trinajstić information content (AvgIpc) is 2.39. The van der Waals surface area contributed by atoms with E-state index in [0.717, 1.165) is 13.0 Å². The molecule has 1 aromatic heterocycles. The highest BCUT2D eigenvalue weighted by atomic mass is 19.1. The van der Waals surface area contributed by atoms with Gasteiger partial charge in [-0.2, -0.15) is 0 Å². The third kappa shape index (κ3) is 2.04. The van der Waals surface area contributed by atoms with Gasteiger partial charge >= 0.3 is 0 Å². The van der Waals surface area contributed by atoms with Crippen LogP contribution in [-0.4, -0.2) is 28.8 Å². The number of fused-ring (bicyclic) bond motifs is 3. The second-order valence-corrected chi connectivity index (χ2v) is 5.13. The van der Waals surface area contributed by atoms with Gasteiger partial charge in [0.05, 0.1) is 11.9 Å². The van der Waals surface area contributed by atoms with E-state index in [9.17, 15) is 14.0 Å². The van der Waals surface area contributed by atoms with Crippen LogP contribution in [0.15, 0.2) is 23.0 Å². The zero-order chi connectivity index (χ0) is 14.3. The van der Waals surface area contributed by atoms with Gasteiger partial charge in [-0.25, -0.2) is 4.39 Å². The number of nitrogens with one attached hydrogen (secondary N) is 1. The van der Waals surface area contributed by atoms with Gasteiger partial charge in [-0.05, 0) is 25.1 Å². The van der Waals surface area contributed by atoms with Crippen molar-refractivity contribution in [1.29, 1.82) is 0 Å². The number of nitrogens with zero attached hydrogens (tertiary/aromatic N) is 1. The summed E-state index contributed by atoms with van der Waals surface area (Å²) >= 11 is 0. The van der Waals surface area contributed by atoms with Crippen LogP contribution in [-0.2, 0) is 6.54 Å².